The van der Waals surface area contributed by atoms with Gasteiger partial charge in [-0.25, -0.2) is 4.98 Å². The molecule has 0 spiro atoms. The van der Waals surface area contributed by atoms with Crippen molar-refractivity contribution in [3.05, 3.63) is 54.1 Å². The van der Waals surface area contributed by atoms with Crippen molar-refractivity contribution in [1.82, 2.24) is 9.97 Å². The van der Waals surface area contributed by atoms with Crippen LogP contribution in [0.1, 0.15) is 44.3 Å². The monoisotopic (exact) mass is 348 g/mol. The second-order valence-electron chi connectivity index (χ2n) is 6.97. The minimum absolute atomic E-state index is 0.486. The summed E-state index contributed by atoms with van der Waals surface area (Å²) in [6.45, 7) is 1.76. The van der Waals surface area contributed by atoms with E-state index in [0.29, 0.717) is 12.0 Å². The van der Waals surface area contributed by atoms with Crippen LogP contribution in [0.4, 0.5) is 17.5 Å². The molecule has 5 nitrogen and oxygen atoms in total. The molecule has 0 saturated heterocycles. The van der Waals surface area contributed by atoms with Crippen molar-refractivity contribution in [1.29, 1.82) is 0 Å². The average Bonchev–Trinajstić information content (AvgIpc) is 3.15. The zero-order valence-corrected chi connectivity index (χ0v) is 14.9. The highest BCUT2D eigenvalue weighted by Gasteiger charge is 2.17. The van der Waals surface area contributed by atoms with E-state index < -0.39 is 6.10 Å². The van der Waals surface area contributed by atoms with E-state index in [-0.39, 0.29) is 0 Å². The Morgan fingerprint density at radius 1 is 1.04 bits per heavy atom. The lowest BCUT2D eigenvalue weighted by atomic mass is 10.1. The quantitative estimate of drug-likeness (QED) is 0.619. The topological polar surface area (TPSA) is 70.1 Å². The molecular formula is C21H24N4O. The molecule has 1 atom stereocenters. The first-order chi connectivity index (χ1) is 12.7. The Morgan fingerprint density at radius 2 is 1.85 bits per heavy atom. The molecule has 1 saturated carbocycles. The Morgan fingerprint density at radius 3 is 2.65 bits per heavy atom. The Kier molecular flexibility index (Phi) is 4.71. The van der Waals surface area contributed by atoms with Crippen LogP contribution < -0.4 is 10.6 Å². The molecule has 3 N–H and O–H groups in total. The Balaban J connectivity index is 1.67. The molecule has 2 aromatic carbocycles. The number of aromatic nitrogens is 2. The third kappa shape index (κ3) is 3.63. The summed E-state index contributed by atoms with van der Waals surface area (Å²) in [6, 6.07) is 16.3. The summed E-state index contributed by atoms with van der Waals surface area (Å²) in [7, 11) is 0. The van der Waals surface area contributed by atoms with Gasteiger partial charge in [0.25, 0.3) is 0 Å². The normalized spacial score (nSPS) is 15.9. The lowest BCUT2D eigenvalue weighted by molar-refractivity contribution is 0.199. The van der Waals surface area contributed by atoms with Crippen molar-refractivity contribution in [2.24, 2.45) is 0 Å². The molecule has 1 aliphatic carbocycles. The lowest BCUT2D eigenvalue weighted by Crippen LogP contribution is -2.16. The summed E-state index contributed by atoms with van der Waals surface area (Å²) < 4.78 is 0. The number of nitrogens with one attached hydrogen (secondary N) is 2. The Hall–Kier alpha value is -2.66. The van der Waals surface area contributed by atoms with E-state index in [9.17, 15) is 5.11 Å². The summed E-state index contributed by atoms with van der Waals surface area (Å²) in [5.41, 5.74) is 2.64. The average molecular weight is 348 g/mol. The van der Waals surface area contributed by atoms with Gasteiger partial charge in [-0.1, -0.05) is 37.1 Å². The molecule has 0 bridgehead atoms. The number of aliphatic hydroxyl groups is 1. The molecular weight excluding hydrogens is 324 g/mol. The van der Waals surface area contributed by atoms with Gasteiger partial charge in [0, 0.05) is 17.1 Å². The molecule has 0 radical (unpaired) electrons. The van der Waals surface area contributed by atoms with Crippen LogP contribution in [0.15, 0.2) is 48.5 Å². The fraction of sp³-hybridized carbons (Fsp3) is 0.333. The van der Waals surface area contributed by atoms with Gasteiger partial charge in [-0.2, -0.15) is 4.98 Å². The minimum atomic E-state index is -0.506. The molecule has 0 amide bonds. The van der Waals surface area contributed by atoms with Gasteiger partial charge in [-0.05, 0) is 49.6 Å². The second kappa shape index (κ2) is 7.30. The molecule has 1 aromatic heterocycles. The fourth-order valence-electron chi connectivity index (χ4n) is 3.51. The summed E-state index contributed by atoms with van der Waals surface area (Å²) in [4.78, 5) is 9.39. The van der Waals surface area contributed by atoms with Crippen molar-refractivity contribution in [3.63, 3.8) is 0 Å². The van der Waals surface area contributed by atoms with E-state index in [0.717, 1.165) is 28.0 Å². The highest BCUT2D eigenvalue weighted by molar-refractivity contribution is 5.90. The first kappa shape index (κ1) is 16.8. The van der Waals surface area contributed by atoms with Crippen LogP contribution in [0.3, 0.4) is 0 Å². The predicted octanol–water partition coefficient (Wildman–Crippen LogP) is 4.78. The molecule has 4 rings (SSSR count). The smallest absolute Gasteiger partial charge is 0.229 e. The summed E-state index contributed by atoms with van der Waals surface area (Å²) in [5, 5.41) is 17.7. The third-order valence-corrected chi connectivity index (χ3v) is 4.92. The number of fused-ring (bicyclic) bond motifs is 1. The molecule has 1 fully saturated rings. The Bertz CT molecular complexity index is 903. The second-order valence-corrected chi connectivity index (χ2v) is 6.97. The minimum Gasteiger partial charge on any atom is -0.389 e. The highest BCUT2D eigenvalue weighted by Crippen LogP contribution is 2.28. The van der Waals surface area contributed by atoms with Crippen LogP contribution in [0.25, 0.3) is 10.9 Å². The molecule has 5 heteroatoms. The zero-order valence-electron chi connectivity index (χ0n) is 14.9. The third-order valence-electron chi connectivity index (χ3n) is 4.92. The van der Waals surface area contributed by atoms with Crippen molar-refractivity contribution in [2.45, 2.75) is 44.8 Å². The molecule has 134 valence electrons. The van der Waals surface area contributed by atoms with Crippen molar-refractivity contribution in [3.8, 4) is 0 Å². The molecule has 1 unspecified atom stereocenters. The molecule has 3 aromatic rings. The van der Waals surface area contributed by atoms with Crippen molar-refractivity contribution >= 4 is 28.4 Å². The van der Waals surface area contributed by atoms with Crippen LogP contribution in [0.5, 0.6) is 0 Å². The van der Waals surface area contributed by atoms with Gasteiger partial charge in [0.2, 0.25) is 5.95 Å². The number of hydrogen-bond donors (Lipinski definition) is 3. The molecule has 0 aliphatic heterocycles. The molecule has 1 aliphatic rings. The SMILES string of the molecule is CC(O)c1cccc(Nc2nc(NC3CCCC3)c3ccccc3n2)c1. The van der Waals surface area contributed by atoms with Gasteiger partial charge < -0.3 is 15.7 Å². The number of rotatable bonds is 5. The van der Waals surface area contributed by atoms with Gasteiger partial charge >= 0.3 is 0 Å². The van der Waals surface area contributed by atoms with Crippen molar-refractivity contribution in [2.75, 3.05) is 10.6 Å². The van der Waals surface area contributed by atoms with Crippen LogP contribution in [0, 0.1) is 0 Å². The van der Waals surface area contributed by atoms with Gasteiger partial charge in [0.15, 0.2) is 0 Å². The van der Waals surface area contributed by atoms with Gasteiger partial charge in [0.05, 0.1) is 11.6 Å². The Labute approximate surface area is 153 Å². The number of hydrogen-bond acceptors (Lipinski definition) is 5. The number of benzene rings is 2. The maximum absolute atomic E-state index is 9.79. The van der Waals surface area contributed by atoms with E-state index in [1.165, 1.54) is 25.7 Å². The van der Waals surface area contributed by atoms with Crippen LogP contribution in [-0.2, 0) is 0 Å². The van der Waals surface area contributed by atoms with E-state index in [1.807, 2.05) is 42.5 Å². The predicted molar refractivity (Wildman–Crippen MR) is 106 cm³/mol. The summed E-state index contributed by atoms with van der Waals surface area (Å²) >= 11 is 0. The molecule has 26 heavy (non-hydrogen) atoms. The first-order valence-corrected chi connectivity index (χ1v) is 9.27. The highest BCUT2D eigenvalue weighted by atomic mass is 16.3. The van der Waals surface area contributed by atoms with E-state index in [2.05, 4.69) is 21.7 Å². The largest absolute Gasteiger partial charge is 0.389 e. The lowest BCUT2D eigenvalue weighted by Gasteiger charge is -2.16. The maximum Gasteiger partial charge on any atom is 0.229 e. The van der Waals surface area contributed by atoms with Crippen LogP contribution in [-0.4, -0.2) is 21.1 Å². The van der Waals surface area contributed by atoms with Crippen LogP contribution >= 0.6 is 0 Å². The van der Waals surface area contributed by atoms with E-state index in [4.69, 9.17) is 4.98 Å². The first-order valence-electron chi connectivity index (χ1n) is 9.27. The fourth-order valence-corrected chi connectivity index (χ4v) is 3.51. The number of anilines is 3. The van der Waals surface area contributed by atoms with Gasteiger partial charge in [-0.15, -0.1) is 0 Å². The number of para-hydroxylation sites is 1. The standard InChI is InChI=1S/C21H24N4O/c1-14(26)15-7-6-10-17(13-15)23-21-24-19-12-5-4-11-18(19)20(25-21)22-16-8-2-3-9-16/h4-7,10-14,16,26H,2-3,8-9H2,1H3,(H2,22,23,24,25). The summed E-state index contributed by atoms with van der Waals surface area (Å²) in [6.07, 6.45) is 4.43. The van der Waals surface area contributed by atoms with E-state index >= 15 is 0 Å². The van der Waals surface area contributed by atoms with Gasteiger partial charge in [0.1, 0.15) is 5.82 Å². The van der Waals surface area contributed by atoms with E-state index in [1.54, 1.807) is 6.92 Å². The van der Waals surface area contributed by atoms with Crippen molar-refractivity contribution < 1.29 is 5.11 Å². The maximum atomic E-state index is 9.79. The number of nitrogens with zero attached hydrogens (tertiary/aromatic N) is 2. The number of aliphatic hydroxyl groups excluding tert-OH is 1. The van der Waals surface area contributed by atoms with Gasteiger partial charge in [-0.3, -0.25) is 0 Å². The summed E-state index contributed by atoms with van der Waals surface area (Å²) in [5.74, 6) is 1.45. The van der Waals surface area contributed by atoms with Crippen LogP contribution in [0.2, 0.25) is 0 Å². The molecule has 1 heterocycles. The zero-order chi connectivity index (χ0) is 17.9.